The van der Waals surface area contributed by atoms with Gasteiger partial charge in [-0.2, -0.15) is 5.10 Å². The highest BCUT2D eigenvalue weighted by Crippen LogP contribution is 2.38. The van der Waals surface area contributed by atoms with Crippen molar-refractivity contribution >= 4 is 57.9 Å². The van der Waals surface area contributed by atoms with Crippen LogP contribution in [0.2, 0.25) is 25.7 Å². The van der Waals surface area contributed by atoms with E-state index < -0.39 is 24.1 Å². The number of sulfonamides is 1. The molecule has 1 atom stereocenters. The zero-order valence-corrected chi connectivity index (χ0v) is 31.0. The lowest BCUT2D eigenvalue weighted by Crippen LogP contribution is -2.29. The highest BCUT2D eigenvalue weighted by atomic mass is 32.2. The molecule has 256 valence electrons. The number of nitrogens with one attached hydrogen (secondary N) is 2. The molecular weight excluding hydrogens is 677 g/mol. The van der Waals surface area contributed by atoms with Crippen LogP contribution in [0, 0.1) is 6.92 Å². The first-order valence-electron chi connectivity index (χ1n) is 15.9. The van der Waals surface area contributed by atoms with E-state index in [-0.39, 0.29) is 5.56 Å². The number of benzene rings is 2. The van der Waals surface area contributed by atoms with E-state index in [4.69, 9.17) is 9.84 Å². The Morgan fingerprint density at radius 2 is 1.76 bits per heavy atom. The summed E-state index contributed by atoms with van der Waals surface area (Å²) in [6.07, 6.45) is 6.45. The number of hydrogen-bond acceptors (Lipinski definition) is 9. The second kappa shape index (κ2) is 13.8. The normalized spacial score (nSPS) is 12.9. The molecule has 49 heavy (non-hydrogen) atoms. The summed E-state index contributed by atoms with van der Waals surface area (Å²) in [5.41, 5.74) is 3.10. The summed E-state index contributed by atoms with van der Waals surface area (Å²) in [6, 6.07) is 19.2. The van der Waals surface area contributed by atoms with E-state index in [0.29, 0.717) is 47.5 Å². The molecule has 12 nitrogen and oxygen atoms in total. The summed E-state index contributed by atoms with van der Waals surface area (Å²) < 4.78 is 37.4. The van der Waals surface area contributed by atoms with Gasteiger partial charge in [-0.3, -0.25) is 14.1 Å². The minimum Gasteiger partial charge on any atom is -0.361 e. The number of ether oxygens (including phenoxy) is 1. The molecule has 0 saturated carbocycles. The summed E-state index contributed by atoms with van der Waals surface area (Å²) in [5, 5.41) is 9.24. The highest BCUT2D eigenvalue weighted by molar-refractivity contribution is 7.99. The third-order valence-corrected chi connectivity index (χ3v) is 11.2. The van der Waals surface area contributed by atoms with Gasteiger partial charge in [0.1, 0.15) is 30.0 Å². The number of para-hydroxylation sites is 1. The lowest BCUT2D eigenvalue weighted by atomic mass is 10.2. The maximum Gasteiger partial charge on any atom is 0.282 e. The number of hydrogen-bond donors (Lipinski definition) is 2. The zero-order chi connectivity index (χ0) is 34.9. The molecular formula is C34H40N8O4S2Si. The third-order valence-electron chi connectivity index (χ3n) is 7.90. The predicted molar refractivity (Wildman–Crippen MR) is 198 cm³/mol. The van der Waals surface area contributed by atoms with Gasteiger partial charge in [0.25, 0.3) is 5.56 Å². The number of fused-ring (bicyclic) bond motifs is 2. The van der Waals surface area contributed by atoms with Gasteiger partial charge in [0.15, 0.2) is 5.82 Å². The summed E-state index contributed by atoms with van der Waals surface area (Å²) in [6.45, 7) is 11.8. The van der Waals surface area contributed by atoms with Crippen LogP contribution < -0.4 is 15.6 Å². The SMILES string of the molecule is Cc1ccn2nc([C@H](C)Nc3ncnc4c3c(Sc3ccc(NS(C)(=O)=O)cc3)cn4COCC[Si](C)(C)C)n(-c3ccccc3)c(=O)c12. The molecule has 2 aromatic carbocycles. The number of nitrogens with zero attached hydrogens (tertiary/aromatic N) is 6. The first-order valence-corrected chi connectivity index (χ1v) is 22.3. The molecule has 0 radical (unpaired) electrons. The van der Waals surface area contributed by atoms with Gasteiger partial charge in [-0.25, -0.2) is 22.9 Å². The smallest absolute Gasteiger partial charge is 0.282 e. The van der Waals surface area contributed by atoms with Gasteiger partial charge in [0.05, 0.1) is 23.4 Å². The zero-order valence-electron chi connectivity index (χ0n) is 28.3. The van der Waals surface area contributed by atoms with Crippen molar-refractivity contribution in [3.8, 4) is 5.69 Å². The first-order chi connectivity index (χ1) is 23.3. The van der Waals surface area contributed by atoms with E-state index in [0.717, 1.165) is 33.0 Å². The molecule has 0 fully saturated rings. The van der Waals surface area contributed by atoms with E-state index in [1.54, 1.807) is 27.4 Å². The predicted octanol–water partition coefficient (Wildman–Crippen LogP) is 6.55. The average molecular weight is 717 g/mol. The highest BCUT2D eigenvalue weighted by Gasteiger charge is 2.23. The molecule has 0 aliphatic rings. The maximum absolute atomic E-state index is 13.9. The van der Waals surface area contributed by atoms with Gasteiger partial charge in [-0.15, -0.1) is 0 Å². The third kappa shape index (κ3) is 7.90. The van der Waals surface area contributed by atoms with E-state index in [2.05, 4.69) is 39.6 Å². The Bertz CT molecular complexity index is 2280. The van der Waals surface area contributed by atoms with Gasteiger partial charge in [0.2, 0.25) is 10.0 Å². The molecule has 6 rings (SSSR count). The second-order valence-electron chi connectivity index (χ2n) is 13.2. The first kappa shape index (κ1) is 34.4. The van der Waals surface area contributed by atoms with Crippen molar-refractivity contribution < 1.29 is 13.2 Å². The van der Waals surface area contributed by atoms with E-state index in [1.165, 1.54) is 18.1 Å². The molecule has 4 aromatic heterocycles. The van der Waals surface area contributed by atoms with Gasteiger partial charge in [-0.1, -0.05) is 49.6 Å². The molecule has 4 heterocycles. The fraction of sp³-hybridized carbons (Fsp3) is 0.294. The Labute approximate surface area is 290 Å². The summed E-state index contributed by atoms with van der Waals surface area (Å²) in [4.78, 5) is 25.1. The van der Waals surface area contributed by atoms with E-state index in [9.17, 15) is 13.2 Å². The Morgan fingerprint density at radius 1 is 1.02 bits per heavy atom. The number of rotatable bonds is 13. The van der Waals surface area contributed by atoms with Crippen molar-refractivity contribution in [2.24, 2.45) is 0 Å². The summed E-state index contributed by atoms with van der Waals surface area (Å²) >= 11 is 1.51. The van der Waals surface area contributed by atoms with Crippen molar-refractivity contribution in [1.29, 1.82) is 0 Å². The fourth-order valence-corrected chi connectivity index (χ4v) is 7.77. The minimum atomic E-state index is -3.39. The van der Waals surface area contributed by atoms with Crippen molar-refractivity contribution in [2.75, 3.05) is 22.9 Å². The van der Waals surface area contributed by atoms with E-state index >= 15 is 0 Å². The molecule has 2 N–H and O–H groups in total. The summed E-state index contributed by atoms with van der Waals surface area (Å²) in [5.74, 6) is 1.09. The molecule has 0 saturated heterocycles. The summed E-state index contributed by atoms with van der Waals surface area (Å²) in [7, 11) is -4.67. The van der Waals surface area contributed by atoms with Crippen molar-refractivity contribution in [3.05, 3.63) is 101 Å². The maximum atomic E-state index is 13.9. The van der Waals surface area contributed by atoms with Crippen LogP contribution in [0.3, 0.4) is 0 Å². The number of anilines is 2. The van der Waals surface area contributed by atoms with Gasteiger partial charge in [-0.05, 0) is 67.9 Å². The van der Waals surface area contributed by atoms with Crippen LogP contribution in [-0.4, -0.2) is 58.1 Å². The number of aryl methyl sites for hydroxylation is 1. The van der Waals surface area contributed by atoms with E-state index in [1.807, 2.05) is 73.1 Å². The minimum absolute atomic E-state index is 0.160. The molecule has 0 amide bonds. The Hall–Kier alpha value is -4.44. The van der Waals surface area contributed by atoms with Crippen molar-refractivity contribution in [2.45, 2.75) is 62.1 Å². The van der Waals surface area contributed by atoms with Crippen LogP contribution in [0.25, 0.3) is 22.2 Å². The average Bonchev–Trinajstić information content (AvgIpc) is 3.59. The second-order valence-corrected chi connectivity index (χ2v) is 21.7. The Balaban J connectivity index is 1.40. The number of aromatic nitrogens is 6. The standard InChI is InChI=1S/C34H40N8O4S2Si/c1-23-16-17-41-30(23)34(43)42(26-10-8-7-9-11-26)32(38-41)24(2)37-31-29-28(47-27-14-12-25(13-15-27)39-48(3,44)45)20-40(33(29)36-21-35-31)22-46-18-19-49(4,5)6/h7-17,20-21,24,39H,18-19,22H2,1-6H3,(H,35,36,37)/t24-/m0/s1. The van der Waals surface area contributed by atoms with Crippen LogP contribution >= 0.6 is 11.8 Å². The van der Waals surface area contributed by atoms with Crippen molar-refractivity contribution in [1.82, 2.24) is 28.7 Å². The fourth-order valence-electron chi connectivity index (χ4n) is 5.45. The van der Waals surface area contributed by atoms with Gasteiger partial charge >= 0.3 is 0 Å². The van der Waals surface area contributed by atoms with Gasteiger partial charge in [0, 0.05) is 42.6 Å². The molecule has 0 bridgehead atoms. The molecule has 0 aliphatic carbocycles. The van der Waals surface area contributed by atoms with Crippen LogP contribution in [0.4, 0.5) is 11.5 Å². The quantitative estimate of drug-likeness (QED) is 0.101. The topological polar surface area (TPSA) is 137 Å². The largest absolute Gasteiger partial charge is 0.361 e. The molecule has 0 aliphatic heterocycles. The molecule has 6 aromatic rings. The van der Waals surface area contributed by atoms with Crippen LogP contribution in [-0.2, 0) is 21.5 Å². The van der Waals surface area contributed by atoms with Crippen molar-refractivity contribution in [3.63, 3.8) is 0 Å². The monoisotopic (exact) mass is 716 g/mol. The van der Waals surface area contributed by atoms with Crippen LogP contribution in [0.5, 0.6) is 0 Å². The lowest BCUT2D eigenvalue weighted by Gasteiger charge is -2.20. The molecule has 0 unspecified atom stereocenters. The Morgan fingerprint density at radius 3 is 2.45 bits per heavy atom. The molecule has 0 spiro atoms. The van der Waals surface area contributed by atoms with Gasteiger partial charge < -0.3 is 14.6 Å². The van der Waals surface area contributed by atoms with Crippen LogP contribution in [0.1, 0.15) is 24.4 Å². The Kier molecular flexibility index (Phi) is 9.71. The lowest BCUT2D eigenvalue weighted by molar-refractivity contribution is 0.0896. The van der Waals surface area contributed by atoms with Crippen LogP contribution in [0.15, 0.2) is 94.0 Å². The molecule has 15 heteroatoms.